The second-order valence-electron chi connectivity index (χ2n) is 8.65. The Kier molecular flexibility index (Phi) is 13.8. The third-order valence-corrected chi connectivity index (χ3v) is 4.39. The summed E-state index contributed by atoms with van der Waals surface area (Å²) in [5.41, 5.74) is 0.393. The number of carbonyl (C=O) groups excluding carboxylic acids is 1. The molecule has 0 amide bonds. The first-order chi connectivity index (χ1) is 11.4. The molecule has 148 valence electrons. The maximum Gasteiger partial charge on any atom is 0.302 e. The van der Waals surface area contributed by atoms with Crippen molar-refractivity contribution in [2.75, 3.05) is 13.2 Å². The molecular formula is C22H42O3. The summed E-state index contributed by atoms with van der Waals surface area (Å²) in [4.78, 5) is 10.5. The number of carbonyl (C=O) groups is 1. The lowest BCUT2D eigenvalue weighted by atomic mass is 9.82. The van der Waals surface area contributed by atoms with E-state index in [-0.39, 0.29) is 16.8 Å². The van der Waals surface area contributed by atoms with Crippen LogP contribution in [0, 0.1) is 22.7 Å². The van der Waals surface area contributed by atoms with Gasteiger partial charge in [0.1, 0.15) is 0 Å². The quantitative estimate of drug-likeness (QED) is 0.377. The number of hydrogen-bond acceptors (Lipinski definition) is 3. The Morgan fingerprint density at radius 3 is 1.72 bits per heavy atom. The van der Waals surface area contributed by atoms with Gasteiger partial charge >= 0.3 is 5.97 Å². The van der Waals surface area contributed by atoms with Crippen LogP contribution in [-0.4, -0.2) is 24.3 Å². The van der Waals surface area contributed by atoms with Gasteiger partial charge in [-0.25, -0.2) is 0 Å². The van der Waals surface area contributed by atoms with E-state index in [4.69, 9.17) is 9.84 Å². The van der Waals surface area contributed by atoms with E-state index < -0.39 is 0 Å². The first-order valence-corrected chi connectivity index (χ1v) is 9.40. The van der Waals surface area contributed by atoms with Crippen molar-refractivity contribution < 1.29 is 14.6 Å². The number of hydrogen-bond donors (Lipinski definition) is 1. The lowest BCUT2D eigenvalue weighted by molar-refractivity contribution is -0.141. The summed E-state index contributed by atoms with van der Waals surface area (Å²) in [6.45, 7) is 22.9. The van der Waals surface area contributed by atoms with Gasteiger partial charge in [0, 0.05) is 13.5 Å². The van der Waals surface area contributed by atoms with E-state index in [0.29, 0.717) is 25.0 Å². The van der Waals surface area contributed by atoms with Crippen LogP contribution in [0.1, 0.15) is 74.1 Å². The van der Waals surface area contributed by atoms with Crippen LogP contribution in [0.5, 0.6) is 0 Å². The predicted molar refractivity (Wildman–Crippen MR) is 108 cm³/mol. The lowest BCUT2D eigenvalue weighted by Crippen LogP contribution is -2.14. The van der Waals surface area contributed by atoms with E-state index in [1.54, 1.807) is 0 Å². The molecule has 0 aromatic carbocycles. The van der Waals surface area contributed by atoms with Crippen LogP contribution in [0.15, 0.2) is 25.3 Å². The summed E-state index contributed by atoms with van der Waals surface area (Å²) in [6.07, 6.45) is 7.99. The zero-order valence-electron chi connectivity index (χ0n) is 17.7. The minimum Gasteiger partial charge on any atom is -0.466 e. The van der Waals surface area contributed by atoms with E-state index in [9.17, 15) is 4.79 Å². The highest BCUT2D eigenvalue weighted by atomic mass is 16.5. The van der Waals surface area contributed by atoms with Gasteiger partial charge < -0.3 is 9.84 Å². The van der Waals surface area contributed by atoms with Crippen molar-refractivity contribution in [1.29, 1.82) is 0 Å². The highest BCUT2D eigenvalue weighted by Gasteiger charge is 2.17. The molecule has 0 aliphatic carbocycles. The van der Waals surface area contributed by atoms with Crippen LogP contribution in [0.25, 0.3) is 0 Å². The van der Waals surface area contributed by atoms with Crippen molar-refractivity contribution in [3.8, 4) is 0 Å². The molecule has 0 saturated carbocycles. The van der Waals surface area contributed by atoms with Crippen molar-refractivity contribution in [3.63, 3.8) is 0 Å². The molecule has 0 radical (unpaired) electrons. The molecule has 1 N–H and O–H groups in total. The summed E-state index contributed by atoms with van der Waals surface area (Å²) in [5.74, 6) is 0.954. The van der Waals surface area contributed by atoms with Crippen molar-refractivity contribution in [1.82, 2.24) is 0 Å². The van der Waals surface area contributed by atoms with Crippen LogP contribution in [0.4, 0.5) is 0 Å². The van der Waals surface area contributed by atoms with E-state index >= 15 is 0 Å². The van der Waals surface area contributed by atoms with E-state index in [0.717, 1.165) is 25.7 Å². The zero-order valence-corrected chi connectivity index (χ0v) is 17.7. The van der Waals surface area contributed by atoms with Gasteiger partial charge in [0.25, 0.3) is 0 Å². The van der Waals surface area contributed by atoms with E-state index in [2.05, 4.69) is 54.7 Å². The zero-order chi connectivity index (χ0) is 20.1. The highest BCUT2D eigenvalue weighted by Crippen LogP contribution is 2.28. The largest absolute Gasteiger partial charge is 0.466 e. The van der Waals surface area contributed by atoms with Crippen LogP contribution in [0.2, 0.25) is 0 Å². The molecule has 0 saturated heterocycles. The Morgan fingerprint density at radius 2 is 1.40 bits per heavy atom. The summed E-state index contributed by atoms with van der Waals surface area (Å²) >= 11 is 0. The average Bonchev–Trinajstić information content (AvgIpc) is 2.46. The van der Waals surface area contributed by atoms with Gasteiger partial charge in [-0.05, 0) is 48.3 Å². The molecule has 0 aliphatic heterocycles. The highest BCUT2D eigenvalue weighted by molar-refractivity contribution is 5.65. The molecule has 3 nitrogen and oxygen atoms in total. The molecule has 0 aliphatic rings. The molecule has 0 spiro atoms. The fraction of sp³-hybridized carbons (Fsp3) is 0.773. The second kappa shape index (κ2) is 13.2. The summed E-state index contributed by atoms with van der Waals surface area (Å²) in [6, 6.07) is 0. The smallest absolute Gasteiger partial charge is 0.302 e. The topological polar surface area (TPSA) is 46.5 Å². The fourth-order valence-electron chi connectivity index (χ4n) is 2.79. The number of rotatable bonds is 11. The third kappa shape index (κ3) is 17.5. The van der Waals surface area contributed by atoms with E-state index in [1.165, 1.54) is 6.92 Å². The number of aliphatic hydroxyl groups excluding tert-OH is 1. The second-order valence-corrected chi connectivity index (χ2v) is 8.65. The maximum atomic E-state index is 10.5. The van der Waals surface area contributed by atoms with Gasteiger partial charge in [0.05, 0.1) is 6.61 Å². The normalized spacial score (nSPS) is 13.9. The molecular weight excluding hydrogens is 312 g/mol. The van der Waals surface area contributed by atoms with Crippen molar-refractivity contribution in [2.45, 2.75) is 74.1 Å². The summed E-state index contributed by atoms with van der Waals surface area (Å²) < 4.78 is 4.90. The molecule has 3 heteroatoms. The van der Waals surface area contributed by atoms with Crippen LogP contribution < -0.4 is 0 Å². The van der Waals surface area contributed by atoms with Gasteiger partial charge in [0.15, 0.2) is 0 Å². The Bertz CT molecular complexity index is 383. The molecule has 25 heavy (non-hydrogen) atoms. The van der Waals surface area contributed by atoms with Gasteiger partial charge in [-0.3, -0.25) is 4.79 Å². The fourth-order valence-corrected chi connectivity index (χ4v) is 2.79. The SMILES string of the molecule is C=CC(C)(C)CC(C)CCO.C=CC(C)(C)CC(C)CCOC(C)=O. The molecule has 0 aromatic heterocycles. The molecule has 2 unspecified atom stereocenters. The standard InChI is InChI=1S/C12H22O2.C10H20O/c1-6-12(4,5)9-10(2)7-8-14-11(3)13;1-5-10(3,4)8-9(2)6-7-11/h6,10H,1,7-9H2,2-5H3;5,9,11H,1,6-8H2,2-4H3. The molecule has 0 rings (SSSR count). The van der Waals surface area contributed by atoms with Gasteiger partial charge in [-0.1, -0.05) is 53.7 Å². The minimum atomic E-state index is -0.194. The molecule has 0 bridgehead atoms. The lowest BCUT2D eigenvalue weighted by Gasteiger charge is -2.24. The molecule has 0 heterocycles. The minimum absolute atomic E-state index is 0.176. The van der Waals surface area contributed by atoms with Crippen LogP contribution in [0.3, 0.4) is 0 Å². The summed E-state index contributed by atoms with van der Waals surface area (Å²) in [7, 11) is 0. The van der Waals surface area contributed by atoms with Crippen molar-refractivity contribution in [3.05, 3.63) is 25.3 Å². The van der Waals surface area contributed by atoms with Crippen LogP contribution in [-0.2, 0) is 9.53 Å². The number of ether oxygens (including phenoxy) is 1. The average molecular weight is 355 g/mol. The van der Waals surface area contributed by atoms with Gasteiger partial charge in [-0.15, -0.1) is 13.2 Å². The van der Waals surface area contributed by atoms with Crippen molar-refractivity contribution >= 4 is 5.97 Å². The molecule has 0 aromatic rings. The summed E-state index contributed by atoms with van der Waals surface area (Å²) in [5, 5.41) is 8.68. The van der Waals surface area contributed by atoms with Gasteiger partial charge in [-0.2, -0.15) is 0 Å². The molecule has 0 fully saturated rings. The number of aliphatic hydroxyl groups is 1. The monoisotopic (exact) mass is 354 g/mol. The predicted octanol–water partition coefficient (Wildman–Crippen LogP) is 5.79. The Hall–Kier alpha value is -1.09. The van der Waals surface area contributed by atoms with Crippen LogP contribution >= 0.6 is 0 Å². The third-order valence-electron chi connectivity index (χ3n) is 4.39. The first kappa shape index (κ1) is 26.1. The first-order valence-electron chi connectivity index (χ1n) is 9.40. The molecule has 2 atom stereocenters. The Morgan fingerprint density at radius 1 is 1.00 bits per heavy atom. The Balaban J connectivity index is 0. The van der Waals surface area contributed by atoms with E-state index in [1.807, 2.05) is 12.2 Å². The van der Waals surface area contributed by atoms with Crippen molar-refractivity contribution in [2.24, 2.45) is 22.7 Å². The van der Waals surface area contributed by atoms with Gasteiger partial charge in [0.2, 0.25) is 0 Å². The number of esters is 1. The Labute approximate surface area is 156 Å². The maximum absolute atomic E-state index is 10.5. The number of allylic oxidation sites excluding steroid dienone is 2.